The molecule has 17 heavy (non-hydrogen) atoms. The predicted molar refractivity (Wildman–Crippen MR) is 58.5 cm³/mol. The number of nitrogens with one attached hydrogen (secondary N) is 1. The number of hydrogen-bond acceptors (Lipinski definition) is 3. The topological polar surface area (TPSA) is 38.3 Å². The van der Waals surface area contributed by atoms with E-state index in [0.717, 1.165) is 18.9 Å². The van der Waals surface area contributed by atoms with Crippen molar-refractivity contribution in [3.05, 3.63) is 29.8 Å². The maximum Gasteiger partial charge on any atom is 0.313 e. The van der Waals surface area contributed by atoms with Crippen LogP contribution in [0.2, 0.25) is 0 Å². The lowest BCUT2D eigenvalue weighted by atomic mass is 10.1. The quantitative estimate of drug-likeness (QED) is 0.822. The fourth-order valence-corrected chi connectivity index (χ4v) is 1.72. The van der Waals surface area contributed by atoms with Gasteiger partial charge in [0.25, 0.3) is 0 Å². The number of esters is 1. The molecule has 92 valence electrons. The Morgan fingerprint density at radius 3 is 2.71 bits per heavy atom. The van der Waals surface area contributed by atoms with Crippen LogP contribution < -0.4 is 5.32 Å². The van der Waals surface area contributed by atoms with Gasteiger partial charge in [-0.2, -0.15) is 0 Å². The standard InChI is InChI=1S/C12H13F2NO2/c1-17-11(16)12(4-5-12)7-15-10-3-2-8(13)6-9(10)14/h2-3,6,15H,4-5,7H2,1H3. The summed E-state index contributed by atoms with van der Waals surface area (Å²) in [5.41, 5.74) is -0.336. The van der Waals surface area contributed by atoms with Crippen LogP contribution in [0.3, 0.4) is 0 Å². The maximum absolute atomic E-state index is 13.3. The Morgan fingerprint density at radius 1 is 1.47 bits per heavy atom. The van der Waals surface area contributed by atoms with E-state index in [-0.39, 0.29) is 11.7 Å². The first kappa shape index (κ1) is 11.8. The smallest absolute Gasteiger partial charge is 0.313 e. The van der Waals surface area contributed by atoms with Crippen LogP contribution in [-0.2, 0) is 9.53 Å². The third-order valence-corrected chi connectivity index (χ3v) is 3.02. The molecule has 1 aromatic carbocycles. The predicted octanol–water partition coefficient (Wildman–Crippen LogP) is 2.33. The molecule has 5 heteroatoms. The van der Waals surface area contributed by atoms with E-state index < -0.39 is 17.0 Å². The van der Waals surface area contributed by atoms with Crippen molar-refractivity contribution >= 4 is 11.7 Å². The Morgan fingerprint density at radius 2 is 2.18 bits per heavy atom. The number of ether oxygens (including phenoxy) is 1. The Balaban J connectivity index is 2.01. The molecule has 0 heterocycles. The van der Waals surface area contributed by atoms with E-state index in [4.69, 9.17) is 0 Å². The molecule has 1 aliphatic rings. The van der Waals surface area contributed by atoms with Gasteiger partial charge in [-0.25, -0.2) is 8.78 Å². The monoisotopic (exact) mass is 241 g/mol. The molecule has 0 atom stereocenters. The average Bonchev–Trinajstić information content (AvgIpc) is 3.08. The molecular weight excluding hydrogens is 228 g/mol. The highest BCUT2D eigenvalue weighted by molar-refractivity contribution is 5.80. The van der Waals surface area contributed by atoms with Crippen LogP contribution in [0, 0.1) is 17.0 Å². The first-order valence-electron chi connectivity index (χ1n) is 5.35. The van der Waals surface area contributed by atoms with E-state index in [1.165, 1.54) is 19.2 Å². The molecular formula is C12H13F2NO2. The molecule has 0 bridgehead atoms. The SMILES string of the molecule is COC(=O)C1(CNc2ccc(F)cc2F)CC1. The summed E-state index contributed by atoms with van der Waals surface area (Å²) in [4.78, 5) is 11.4. The third-order valence-electron chi connectivity index (χ3n) is 3.02. The van der Waals surface area contributed by atoms with Gasteiger partial charge in [-0.15, -0.1) is 0 Å². The summed E-state index contributed by atoms with van der Waals surface area (Å²) in [6.45, 7) is 0.308. The lowest BCUT2D eigenvalue weighted by Crippen LogP contribution is -2.26. The van der Waals surface area contributed by atoms with Crippen molar-refractivity contribution in [3.8, 4) is 0 Å². The Hall–Kier alpha value is -1.65. The molecule has 0 amide bonds. The number of methoxy groups -OCH3 is 1. The summed E-state index contributed by atoms with van der Waals surface area (Å²) in [5.74, 6) is -1.57. The normalized spacial score (nSPS) is 16.4. The zero-order valence-corrected chi connectivity index (χ0v) is 9.43. The lowest BCUT2D eigenvalue weighted by molar-refractivity contribution is -0.146. The maximum atomic E-state index is 13.3. The van der Waals surface area contributed by atoms with Gasteiger partial charge in [0.2, 0.25) is 0 Å². The molecule has 1 saturated carbocycles. The molecule has 0 saturated heterocycles. The third kappa shape index (κ3) is 2.38. The first-order valence-corrected chi connectivity index (χ1v) is 5.35. The fourth-order valence-electron chi connectivity index (χ4n) is 1.72. The van der Waals surface area contributed by atoms with Crippen molar-refractivity contribution in [2.24, 2.45) is 5.41 Å². The van der Waals surface area contributed by atoms with Crippen molar-refractivity contribution in [1.82, 2.24) is 0 Å². The van der Waals surface area contributed by atoms with Gasteiger partial charge in [-0.1, -0.05) is 0 Å². The highest BCUT2D eigenvalue weighted by Crippen LogP contribution is 2.46. The van der Waals surface area contributed by atoms with Gasteiger partial charge in [-0.3, -0.25) is 4.79 Å². The number of carbonyl (C=O) groups excluding carboxylic acids is 1. The van der Waals surface area contributed by atoms with Gasteiger partial charge < -0.3 is 10.1 Å². The van der Waals surface area contributed by atoms with Crippen molar-refractivity contribution in [3.63, 3.8) is 0 Å². The fraction of sp³-hybridized carbons (Fsp3) is 0.417. The summed E-state index contributed by atoms with van der Waals surface area (Å²) in [6.07, 6.45) is 1.46. The van der Waals surface area contributed by atoms with E-state index in [9.17, 15) is 13.6 Å². The van der Waals surface area contributed by atoms with Gasteiger partial charge in [-0.05, 0) is 25.0 Å². The Bertz CT molecular complexity index is 444. The van der Waals surface area contributed by atoms with E-state index in [0.29, 0.717) is 6.54 Å². The largest absolute Gasteiger partial charge is 0.469 e. The van der Waals surface area contributed by atoms with E-state index in [1.807, 2.05) is 0 Å². The summed E-state index contributed by atoms with van der Waals surface area (Å²) < 4.78 is 30.7. The second-order valence-corrected chi connectivity index (χ2v) is 4.25. The average molecular weight is 241 g/mol. The molecule has 1 fully saturated rings. The van der Waals surface area contributed by atoms with E-state index in [2.05, 4.69) is 10.1 Å². The molecule has 3 nitrogen and oxygen atoms in total. The van der Waals surface area contributed by atoms with Crippen LogP contribution in [0.15, 0.2) is 18.2 Å². The Labute approximate surface area is 97.8 Å². The number of carbonyl (C=O) groups is 1. The highest BCUT2D eigenvalue weighted by Gasteiger charge is 2.50. The van der Waals surface area contributed by atoms with Gasteiger partial charge >= 0.3 is 5.97 Å². The minimum atomic E-state index is -0.661. The van der Waals surface area contributed by atoms with Crippen LogP contribution in [0.1, 0.15) is 12.8 Å². The second kappa shape index (κ2) is 4.31. The molecule has 0 unspecified atom stereocenters. The summed E-state index contributed by atoms with van der Waals surface area (Å²) >= 11 is 0. The number of rotatable bonds is 4. The number of benzene rings is 1. The van der Waals surface area contributed by atoms with Gasteiger partial charge in [0.1, 0.15) is 11.6 Å². The molecule has 0 spiro atoms. The number of hydrogen-bond donors (Lipinski definition) is 1. The van der Waals surface area contributed by atoms with Crippen LogP contribution in [0.25, 0.3) is 0 Å². The molecule has 0 aliphatic heterocycles. The lowest BCUT2D eigenvalue weighted by Gasteiger charge is -2.14. The molecule has 1 N–H and O–H groups in total. The molecule has 2 rings (SSSR count). The molecule has 1 aromatic rings. The van der Waals surface area contributed by atoms with E-state index in [1.54, 1.807) is 0 Å². The zero-order valence-electron chi connectivity index (χ0n) is 9.43. The van der Waals surface area contributed by atoms with Crippen LogP contribution in [0.5, 0.6) is 0 Å². The van der Waals surface area contributed by atoms with Crippen molar-refractivity contribution in [2.75, 3.05) is 19.0 Å². The van der Waals surface area contributed by atoms with Crippen LogP contribution in [-0.4, -0.2) is 19.6 Å². The van der Waals surface area contributed by atoms with Crippen LogP contribution >= 0.6 is 0 Å². The summed E-state index contributed by atoms with van der Waals surface area (Å²) in [6, 6.07) is 3.29. The first-order chi connectivity index (χ1) is 8.07. The van der Waals surface area contributed by atoms with Crippen LogP contribution in [0.4, 0.5) is 14.5 Å². The Kier molecular flexibility index (Phi) is 3.00. The van der Waals surface area contributed by atoms with Crippen molar-refractivity contribution in [2.45, 2.75) is 12.8 Å². The zero-order chi connectivity index (χ0) is 12.5. The summed E-state index contributed by atoms with van der Waals surface area (Å²) in [5, 5.41) is 2.82. The number of halogens is 2. The minimum Gasteiger partial charge on any atom is -0.469 e. The van der Waals surface area contributed by atoms with Gasteiger partial charge in [0.05, 0.1) is 18.2 Å². The van der Waals surface area contributed by atoms with Gasteiger partial charge in [0.15, 0.2) is 0 Å². The molecule has 1 aliphatic carbocycles. The van der Waals surface area contributed by atoms with E-state index >= 15 is 0 Å². The van der Waals surface area contributed by atoms with Crippen molar-refractivity contribution in [1.29, 1.82) is 0 Å². The highest BCUT2D eigenvalue weighted by atomic mass is 19.1. The number of anilines is 1. The summed E-state index contributed by atoms with van der Waals surface area (Å²) in [7, 11) is 1.33. The minimum absolute atomic E-state index is 0.196. The second-order valence-electron chi connectivity index (χ2n) is 4.25. The molecule has 0 radical (unpaired) electrons. The van der Waals surface area contributed by atoms with Gasteiger partial charge in [0, 0.05) is 12.6 Å². The molecule has 0 aromatic heterocycles. The van der Waals surface area contributed by atoms with Crippen molar-refractivity contribution < 1.29 is 18.3 Å².